The number of aromatic carboxylic acids is 1. The SMILES string of the molecule is COc1ccc2c(c1)O[C@@H](c1cccc(C(=O)O)c1)C[C@H]2NC(=O)C(C)(C)c1ccc2c(c1)OCCO2. The van der Waals surface area contributed by atoms with Crippen molar-refractivity contribution in [2.45, 2.75) is 37.8 Å². The standard InChI is InChI=1S/C29H29NO7/c1-29(2,19-7-10-23-26(14-19)36-12-11-35-23)28(33)30-22-16-24(17-5-4-6-18(13-17)27(31)32)37-25-15-20(34-3)8-9-21(22)25/h4-10,13-15,22,24H,11-12,16H2,1-3H3,(H,30,33)(H,31,32)/t22-,24-/m1/s1. The van der Waals surface area contributed by atoms with Gasteiger partial charge in [0.15, 0.2) is 11.5 Å². The van der Waals surface area contributed by atoms with Gasteiger partial charge in [-0.2, -0.15) is 0 Å². The Hall–Kier alpha value is -4.20. The van der Waals surface area contributed by atoms with Crippen LogP contribution in [0.5, 0.6) is 23.0 Å². The minimum atomic E-state index is -1.01. The fourth-order valence-electron chi connectivity index (χ4n) is 4.69. The summed E-state index contributed by atoms with van der Waals surface area (Å²) in [6, 6.07) is 17.4. The largest absolute Gasteiger partial charge is 0.497 e. The third-order valence-electron chi connectivity index (χ3n) is 6.96. The molecule has 0 fully saturated rings. The highest BCUT2D eigenvalue weighted by Gasteiger charge is 2.36. The Bertz CT molecular complexity index is 1350. The molecule has 192 valence electrons. The third kappa shape index (κ3) is 4.79. The number of carbonyl (C=O) groups excluding carboxylic acids is 1. The van der Waals surface area contributed by atoms with Gasteiger partial charge in [-0.05, 0) is 61.4 Å². The quantitative estimate of drug-likeness (QED) is 0.497. The molecule has 0 saturated carbocycles. The molecule has 2 aliphatic heterocycles. The molecule has 0 bridgehead atoms. The Morgan fingerprint density at radius 3 is 2.51 bits per heavy atom. The van der Waals surface area contributed by atoms with E-state index in [1.165, 1.54) is 0 Å². The van der Waals surface area contributed by atoms with Crippen molar-refractivity contribution in [3.63, 3.8) is 0 Å². The number of rotatable bonds is 6. The van der Waals surface area contributed by atoms with Crippen molar-refractivity contribution in [3.05, 3.63) is 82.9 Å². The van der Waals surface area contributed by atoms with Crippen LogP contribution in [0.15, 0.2) is 60.7 Å². The molecule has 3 aromatic rings. The lowest BCUT2D eigenvalue weighted by atomic mass is 9.82. The maximum atomic E-state index is 13.7. The van der Waals surface area contributed by atoms with Crippen LogP contribution < -0.4 is 24.3 Å². The summed E-state index contributed by atoms with van der Waals surface area (Å²) in [5.41, 5.74) is 1.68. The smallest absolute Gasteiger partial charge is 0.335 e. The van der Waals surface area contributed by atoms with E-state index in [4.69, 9.17) is 18.9 Å². The minimum absolute atomic E-state index is 0.157. The maximum absolute atomic E-state index is 13.7. The van der Waals surface area contributed by atoms with E-state index < -0.39 is 17.5 Å². The predicted octanol–water partition coefficient (Wildman–Crippen LogP) is 4.82. The molecule has 1 amide bonds. The van der Waals surface area contributed by atoms with Crippen LogP contribution in [-0.4, -0.2) is 37.3 Å². The van der Waals surface area contributed by atoms with Crippen molar-refractivity contribution < 1.29 is 33.6 Å². The van der Waals surface area contributed by atoms with Gasteiger partial charge in [0.1, 0.15) is 30.8 Å². The van der Waals surface area contributed by atoms with E-state index in [1.807, 2.05) is 50.2 Å². The summed E-state index contributed by atoms with van der Waals surface area (Å²) in [6.07, 6.45) is -0.0210. The molecule has 8 heteroatoms. The van der Waals surface area contributed by atoms with E-state index in [1.54, 1.807) is 31.4 Å². The van der Waals surface area contributed by atoms with Crippen LogP contribution in [0, 0.1) is 0 Å². The number of hydrogen-bond acceptors (Lipinski definition) is 6. The average molecular weight is 504 g/mol. The molecule has 0 spiro atoms. The van der Waals surface area contributed by atoms with Crippen LogP contribution >= 0.6 is 0 Å². The second-order valence-electron chi connectivity index (χ2n) is 9.69. The van der Waals surface area contributed by atoms with Crippen molar-refractivity contribution in [2.24, 2.45) is 0 Å². The highest BCUT2D eigenvalue weighted by molar-refractivity contribution is 5.88. The highest BCUT2D eigenvalue weighted by Crippen LogP contribution is 2.43. The second kappa shape index (κ2) is 9.69. The molecule has 0 aromatic heterocycles. The number of methoxy groups -OCH3 is 1. The lowest BCUT2D eigenvalue weighted by Crippen LogP contribution is -2.43. The number of carboxylic acids is 1. The topological polar surface area (TPSA) is 103 Å². The van der Waals surface area contributed by atoms with Crippen molar-refractivity contribution in [3.8, 4) is 23.0 Å². The van der Waals surface area contributed by atoms with Crippen LogP contribution in [-0.2, 0) is 10.2 Å². The summed E-state index contributed by atoms with van der Waals surface area (Å²) in [5, 5.41) is 12.7. The fraction of sp³-hybridized carbons (Fsp3) is 0.310. The first kappa shape index (κ1) is 24.5. The van der Waals surface area contributed by atoms with Crippen LogP contribution in [0.2, 0.25) is 0 Å². The number of amides is 1. The van der Waals surface area contributed by atoms with E-state index in [0.717, 1.165) is 16.7 Å². The first-order valence-electron chi connectivity index (χ1n) is 12.1. The summed E-state index contributed by atoms with van der Waals surface area (Å²) >= 11 is 0. The number of carboxylic acid groups (broad SMARTS) is 1. The minimum Gasteiger partial charge on any atom is -0.497 e. The van der Waals surface area contributed by atoms with E-state index in [2.05, 4.69) is 5.32 Å². The Labute approximate surface area is 215 Å². The van der Waals surface area contributed by atoms with Gasteiger partial charge < -0.3 is 29.4 Å². The summed E-state index contributed by atoms with van der Waals surface area (Å²) < 4.78 is 23.0. The number of hydrogen-bond donors (Lipinski definition) is 2. The summed E-state index contributed by atoms with van der Waals surface area (Å²) in [5.74, 6) is 1.34. The average Bonchev–Trinajstić information content (AvgIpc) is 2.92. The number of fused-ring (bicyclic) bond motifs is 2. The third-order valence-corrected chi connectivity index (χ3v) is 6.96. The molecule has 2 atom stereocenters. The normalized spacial score (nSPS) is 18.2. The number of benzene rings is 3. The summed E-state index contributed by atoms with van der Waals surface area (Å²) in [7, 11) is 1.58. The van der Waals surface area contributed by atoms with Gasteiger partial charge in [-0.1, -0.05) is 18.2 Å². The first-order chi connectivity index (χ1) is 17.8. The molecule has 0 unspecified atom stereocenters. The molecular formula is C29H29NO7. The van der Waals surface area contributed by atoms with E-state index in [9.17, 15) is 14.7 Å². The van der Waals surface area contributed by atoms with Crippen molar-refractivity contribution in [1.82, 2.24) is 5.32 Å². The Kier molecular flexibility index (Phi) is 6.41. The summed E-state index contributed by atoms with van der Waals surface area (Å²) in [6.45, 7) is 4.71. The monoisotopic (exact) mass is 503 g/mol. The fourth-order valence-corrected chi connectivity index (χ4v) is 4.69. The van der Waals surface area contributed by atoms with Gasteiger partial charge in [0, 0.05) is 18.1 Å². The molecule has 2 aliphatic rings. The molecule has 5 rings (SSSR count). The van der Waals surface area contributed by atoms with E-state index in [0.29, 0.717) is 42.6 Å². The van der Waals surface area contributed by atoms with Crippen LogP contribution in [0.25, 0.3) is 0 Å². The molecule has 3 aromatic carbocycles. The molecular weight excluding hydrogens is 474 g/mol. The van der Waals surface area contributed by atoms with Gasteiger partial charge in [0.05, 0.1) is 24.1 Å². The van der Waals surface area contributed by atoms with Crippen LogP contribution in [0.4, 0.5) is 0 Å². The number of carbonyl (C=O) groups is 2. The Balaban J connectivity index is 1.45. The molecule has 2 heterocycles. The Morgan fingerprint density at radius 2 is 1.76 bits per heavy atom. The molecule has 0 saturated heterocycles. The van der Waals surface area contributed by atoms with Crippen molar-refractivity contribution in [2.75, 3.05) is 20.3 Å². The predicted molar refractivity (Wildman–Crippen MR) is 136 cm³/mol. The Morgan fingerprint density at radius 1 is 0.973 bits per heavy atom. The molecule has 2 N–H and O–H groups in total. The number of nitrogens with one attached hydrogen (secondary N) is 1. The zero-order valence-corrected chi connectivity index (χ0v) is 20.9. The van der Waals surface area contributed by atoms with Crippen molar-refractivity contribution >= 4 is 11.9 Å². The zero-order valence-electron chi connectivity index (χ0n) is 20.9. The molecule has 0 radical (unpaired) electrons. The number of ether oxygens (including phenoxy) is 4. The van der Waals surface area contributed by atoms with Gasteiger partial charge in [0.25, 0.3) is 0 Å². The van der Waals surface area contributed by atoms with E-state index >= 15 is 0 Å². The second-order valence-corrected chi connectivity index (χ2v) is 9.69. The molecule has 0 aliphatic carbocycles. The lowest BCUT2D eigenvalue weighted by Gasteiger charge is -2.35. The lowest BCUT2D eigenvalue weighted by molar-refractivity contribution is -0.126. The van der Waals surface area contributed by atoms with E-state index in [-0.39, 0.29) is 17.5 Å². The molecule has 8 nitrogen and oxygen atoms in total. The van der Waals surface area contributed by atoms with Crippen LogP contribution in [0.1, 0.15) is 59.5 Å². The van der Waals surface area contributed by atoms with Gasteiger partial charge in [-0.15, -0.1) is 0 Å². The van der Waals surface area contributed by atoms with Crippen LogP contribution in [0.3, 0.4) is 0 Å². The molecule has 37 heavy (non-hydrogen) atoms. The van der Waals surface area contributed by atoms with Gasteiger partial charge >= 0.3 is 5.97 Å². The van der Waals surface area contributed by atoms with Crippen molar-refractivity contribution in [1.29, 1.82) is 0 Å². The summed E-state index contributed by atoms with van der Waals surface area (Å²) in [4.78, 5) is 25.2. The zero-order chi connectivity index (χ0) is 26.2. The van der Waals surface area contributed by atoms with Gasteiger partial charge in [0.2, 0.25) is 5.91 Å². The maximum Gasteiger partial charge on any atom is 0.335 e. The highest BCUT2D eigenvalue weighted by atomic mass is 16.6. The first-order valence-corrected chi connectivity index (χ1v) is 12.1. The van der Waals surface area contributed by atoms with Gasteiger partial charge in [-0.25, -0.2) is 4.79 Å². The van der Waals surface area contributed by atoms with Gasteiger partial charge in [-0.3, -0.25) is 4.79 Å².